The van der Waals surface area contributed by atoms with Crippen LogP contribution < -0.4 is 28.4 Å². The van der Waals surface area contributed by atoms with Gasteiger partial charge in [-0.1, -0.05) is 329 Å². The maximum atomic E-state index is 11.4. The van der Waals surface area contributed by atoms with Gasteiger partial charge in [-0.15, -0.1) is 0 Å². The summed E-state index contributed by atoms with van der Waals surface area (Å²) in [6, 6.07) is 46.8. The van der Waals surface area contributed by atoms with Gasteiger partial charge in [0.25, 0.3) is 0 Å². The van der Waals surface area contributed by atoms with Crippen molar-refractivity contribution in [3.8, 4) is 34.5 Å². The molecule has 540 valence electrons. The van der Waals surface area contributed by atoms with Crippen LogP contribution in [0.15, 0.2) is 140 Å². The zero-order chi connectivity index (χ0) is 69.4. The van der Waals surface area contributed by atoms with E-state index in [2.05, 4.69) is 147 Å². The third kappa shape index (κ3) is 40.0. The van der Waals surface area contributed by atoms with Gasteiger partial charge in [-0.25, -0.2) is 4.79 Å². The van der Waals surface area contributed by atoms with E-state index in [0.29, 0.717) is 13.2 Å². The SMILES string of the molecule is CCCCCCCCCCCCOc1ccc(/C=C/c2ccc(OCCCCCCCCCCCCOc3cc(/C=C/c4ccc(C(=O)O)cc4)cc(OCCCCCCCCCCCCOc4ccc(/C=C/c5ccc(OCCCCCCCCCCCC)cc5)cc4)c3)cc2)cc1. The third-order valence-corrected chi connectivity index (χ3v) is 18.7. The van der Waals surface area contributed by atoms with E-state index < -0.39 is 5.97 Å². The number of carboxylic acid groups (broad SMARTS) is 1. The Bertz CT molecular complexity index is 2850. The van der Waals surface area contributed by atoms with Gasteiger partial charge in [0, 0.05) is 6.07 Å². The van der Waals surface area contributed by atoms with Crippen molar-refractivity contribution in [1.82, 2.24) is 0 Å². The third-order valence-electron chi connectivity index (χ3n) is 18.7. The quantitative estimate of drug-likeness (QED) is 0.0298. The Hall–Kier alpha value is -7.19. The molecule has 0 aliphatic carbocycles. The van der Waals surface area contributed by atoms with Crippen LogP contribution in [0, 0.1) is 0 Å². The Labute approximate surface area is 600 Å². The molecule has 99 heavy (non-hydrogen) atoms. The number of ether oxygens (including phenoxy) is 6. The van der Waals surface area contributed by atoms with Crippen LogP contribution in [-0.4, -0.2) is 50.7 Å². The number of unbranched alkanes of at least 4 members (excludes halogenated alkanes) is 36. The van der Waals surface area contributed by atoms with Crippen molar-refractivity contribution >= 4 is 42.4 Å². The van der Waals surface area contributed by atoms with Crippen LogP contribution in [0.3, 0.4) is 0 Å². The zero-order valence-electron chi connectivity index (χ0n) is 61.6. The van der Waals surface area contributed by atoms with Crippen molar-refractivity contribution in [2.75, 3.05) is 39.6 Å². The van der Waals surface area contributed by atoms with Crippen LogP contribution in [0.5, 0.6) is 34.5 Å². The number of benzene rings is 6. The molecule has 1 N–H and O–H groups in total. The lowest BCUT2D eigenvalue weighted by atomic mass is 10.1. The maximum Gasteiger partial charge on any atom is 0.335 e. The van der Waals surface area contributed by atoms with Crippen molar-refractivity contribution in [2.24, 2.45) is 0 Å². The Kier molecular flexibility index (Phi) is 44.6. The van der Waals surface area contributed by atoms with Gasteiger partial charge in [-0.3, -0.25) is 0 Å². The van der Waals surface area contributed by atoms with Crippen molar-refractivity contribution < 1.29 is 38.3 Å². The van der Waals surface area contributed by atoms with Gasteiger partial charge in [0.1, 0.15) is 34.5 Å². The molecule has 0 fully saturated rings. The predicted octanol–water partition coefficient (Wildman–Crippen LogP) is 27.2. The standard InChI is InChI=1S/C91H128O8/c1-3-5-7-9-11-13-19-25-31-37-69-94-85-61-51-79(52-62-85)43-45-81-55-65-87(66-56-81)96-71-39-33-27-21-15-17-23-29-35-41-73-98-89-75-83(48-47-78-49-59-84(60-50-78)91(92)93)76-90(77-89)99-74-42-36-30-24-18-16-22-28-34-40-72-97-88-67-57-82(58-68-88)46-44-80-53-63-86(64-54-80)95-70-38-32-26-20-14-12-10-8-6-4-2/h43-68,75-77H,3-42,69-74H2,1-2H3,(H,92,93)/b45-43+,46-44+,48-47+. The average Bonchev–Trinajstić information content (AvgIpc) is 1.32. The second kappa shape index (κ2) is 54.6. The van der Waals surface area contributed by atoms with Gasteiger partial charge in [0.05, 0.1) is 45.2 Å². The summed E-state index contributed by atoms with van der Waals surface area (Å²) in [7, 11) is 0. The van der Waals surface area contributed by atoms with Crippen LogP contribution in [0.4, 0.5) is 0 Å². The molecule has 6 aromatic carbocycles. The predicted molar refractivity (Wildman–Crippen MR) is 421 cm³/mol. The maximum absolute atomic E-state index is 11.4. The highest BCUT2D eigenvalue weighted by molar-refractivity contribution is 5.88. The van der Waals surface area contributed by atoms with E-state index >= 15 is 0 Å². The minimum absolute atomic E-state index is 0.279. The largest absolute Gasteiger partial charge is 0.494 e. The summed E-state index contributed by atoms with van der Waals surface area (Å²) in [5, 5.41) is 9.36. The van der Waals surface area contributed by atoms with E-state index in [1.807, 2.05) is 30.4 Å². The molecule has 0 radical (unpaired) electrons. The molecule has 0 aliphatic rings. The fraction of sp³-hybridized carbons (Fsp3) is 0.527. The summed E-state index contributed by atoms with van der Waals surface area (Å²) in [4.78, 5) is 11.4. The smallest absolute Gasteiger partial charge is 0.335 e. The molecule has 8 heteroatoms. The van der Waals surface area contributed by atoms with E-state index in [-0.39, 0.29) is 5.56 Å². The number of aromatic carboxylic acids is 1. The highest BCUT2D eigenvalue weighted by atomic mass is 16.5. The summed E-state index contributed by atoms with van der Waals surface area (Å²) >= 11 is 0. The molecule has 6 rings (SSSR count). The van der Waals surface area contributed by atoms with Crippen LogP contribution in [0.2, 0.25) is 0 Å². The molecule has 0 amide bonds. The van der Waals surface area contributed by atoms with Crippen molar-refractivity contribution in [2.45, 2.75) is 271 Å². The highest BCUT2D eigenvalue weighted by Gasteiger charge is 2.07. The Balaban J connectivity index is 0.736. The summed E-state index contributed by atoms with van der Waals surface area (Å²) in [6.07, 6.45) is 63.6. The molecule has 0 saturated heterocycles. The fourth-order valence-electron chi connectivity index (χ4n) is 12.4. The van der Waals surface area contributed by atoms with Crippen LogP contribution in [-0.2, 0) is 0 Å². The topological polar surface area (TPSA) is 92.7 Å². The lowest BCUT2D eigenvalue weighted by molar-refractivity contribution is 0.0696. The lowest BCUT2D eigenvalue weighted by Crippen LogP contribution is -2.01. The summed E-state index contributed by atoms with van der Waals surface area (Å²) in [5.41, 5.74) is 6.86. The molecule has 0 atom stereocenters. The average molecular weight is 1350 g/mol. The Morgan fingerprint density at radius 2 is 0.414 bits per heavy atom. The number of rotatable bonds is 61. The molecule has 0 saturated carbocycles. The molecule has 0 aromatic heterocycles. The van der Waals surface area contributed by atoms with Gasteiger partial charge >= 0.3 is 5.97 Å². The molecule has 0 aliphatic heterocycles. The fourth-order valence-corrected chi connectivity index (χ4v) is 12.4. The van der Waals surface area contributed by atoms with Gasteiger partial charge < -0.3 is 33.5 Å². The monoisotopic (exact) mass is 1350 g/mol. The van der Waals surface area contributed by atoms with E-state index in [4.69, 9.17) is 28.4 Å². The van der Waals surface area contributed by atoms with Gasteiger partial charge in [0.2, 0.25) is 0 Å². The van der Waals surface area contributed by atoms with Gasteiger partial charge in [0.15, 0.2) is 0 Å². The van der Waals surface area contributed by atoms with Gasteiger partial charge in [-0.2, -0.15) is 0 Å². The minimum atomic E-state index is -0.924. The Morgan fingerprint density at radius 3 is 0.626 bits per heavy atom. The zero-order valence-corrected chi connectivity index (χ0v) is 61.6. The molecule has 6 aromatic rings. The summed E-state index contributed by atoms with van der Waals surface area (Å²) in [5.74, 6) is 4.49. The first-order chi connectivity index (χ1) is 48.9. The number of carboxylic acids is 1. The van der Waals surface area contributed by atoms with Gasteiger partial charge in [-0.05, 0) is 145 Å². The van der Waals surface area contributed by atoms with Crippen molar-refractivity contribution in [3.05, 3.63) is 178 Å². The van der Waals surface area contributed by atoms with E-state index in [0.717, 1.165) is 135 Å². The lowest BCUT2D eigenvalue weighted by Gasteiger charge is -2.12. The molecular weight excluding hydrogens is 1220 g/mol. The van der Waals surface area contributed by atoms with Crippen LogP contribution in [0.1, 0.15) is 314 Å². The van der Waals surface area contributed by atoms with Crippen molar-refractivity contribution in [3.63, 3.8) is 0 Å². The van der Waals surface area contributed by atoms with Crippen molar-refractivity contribution in [1.29, 1.82) is 0 Å². The molecule has 0 unspecified atom stereocenters. The number of carbonyl (C=O) groups is 1. The van der Waals surface area contributed by atoms with Crippen LogP contribution in [0.25, 0.3) is 36.5 Å². The molecule has 8 nitrogen and oxygen atoms in total. The van der Waals surface area contributed by atoms with E-state index in [9.17, 15) is 9.90 Å². The normalized spacial score (nSPS) is 11.5. The first-order valence-corrected chi connectivity index (χ1v) is 39.6. The minimum Gasteiger partial charge on any atom is -0.494 e. The number of hydrogen-bond acceptors (Lipinski definition) is 7. The van der Waals surface area contributed by atoms with Crippen LogP contribution >= 0.6 is 0 Å². The first kappa shape index (κ1) is 80.8. The Morgan fingerprint density at radius 1 is 0.232 bits per heavy atom. The molecule has 0 heterocycles. The highest BCUT2D eigenvalue weighted by Crippen LogP contribution is 2.27. The molecule has 0 spiro atoms. The molecular formula is C91H128O8. The second-order valence-corrected chi connectivity index (χ2v) is 27.5. The molecule has 0 bridgehead atoms. The second-order valence-electron chi connectivity index (χ2n) is 27.5. The first-order valence-electron chi connectivity index (χ1n) is 39.6. The van der Waals surface area contributed by atoms with E-state index in [1.54, 1.807) is 12.1 Å². The summed E-state index contributed by atoms with van der Waals surface area (Å²) < 4.78 is 36.9. The van der Waals surface area contributed by atoms with E-state index in [1.165, 1.54) is 217 Å². The summed E-state index contributed by atoms with van der Waals surface area (Å²) in [6.45, 7) is 9.02. The number of hydrogen-bond donors (Lipinski definition) is 1.